The van der Waals surface area contributed by atoms with Gasteiger partial charge >= 0.3 is 0 Å². The van der Waals surface area contributed by atoms with Gasteiger partial charge in [0.05, 0.1) is 19.2 Å². The monoisotopic (exact) mass is 356 g/mol. The number of benzene rings is 1. The smallest absolute Gasteiger partial charge is 0.230 e. The van der Waals surface area contributed by atoms with Crippen molar-refractivity contribution in [3.63, 3.8) is 0 Å². The van der Waals surface area contributed by atoms with Crippen LogP contribution in [0, 0.1) is 5.92 Å². The first-order valence-corrected chi connectivity index (χ1v) is 8.73. The number of ether oxygens (including phenoxy) is 1. The molecule has 0 radical (unpaired) electrons. The lowest BCUT2D eigenvalue weighted by Gasteiger charge is -2.17. The Hall–Kier alpha value is -2.83. The molecule has 1 unspecified atom stereocenters. The minimum atomic E-state index is -0.351. The number of hydrogen-bond acceptors (Lipinski definition) is 4. The van der Waals surface area contributed by atoms with Gasteiger partial charge in [-0.05, 0) is 31.5 Å². The molecule has 1 fully saturated rings. The largest absolute Gasteiger partial charge is 0.497 e. The van der Waals surface area contributed by atoms with Gasteiger partial charge in [-0.25, -0.2) is 4.68 Å². The zero-order valence-corrected chi connectivity index (χ0v) is 15.3. The van der Waals surface area contributed by atoms with E-state index in [1.807, 2.05) is 38.1 Å². The lowest BCUT2D eigenvalue weighted by molar-refractivity contribution is -0.128. The number of hydrogen-bond donors (Lipinski definition) is 1. The summed E-state index contributed by atoms with van der Waals surface area (Å²) in [5, 5.41) is 7.11. The average Bonchev–Trinajstić information content (AvgIpc) is 3.23. The van der Waals surface area contributed by atoms with E-state index in [1.165, 1.54) is 0 Å². The molecule has 138 valence electrons. The quantitative estimate of drug-likeness (QED) is 0.863. The molecule has 0 aliphatic carbocycles. The molecule has 1 aliphatic heterocycles. The van der Waals surface area contributed by atoms with E-state index in [0.717, 1.165) is 11.3 Å². The number of aromatic nitrogens is 2. The molecule has 7 heteroatoms. The third-order valence-electron chi connectivity index (χ3n) is 4.53. The van der Waals surface area contributed by atoms with Gasteiger partial charge in [-0.15, -0.1) is 0 Å². The molecule has 3 rings (SSSR count). The lowest BCUT2D eigenvalue weighted by atomic mass is 10.1. The Morgan fingerprint density at radius 2 is 2.04 bits per heavy atom. The number of nitrogens with one attached hydrogen (secondary N) is 1. The molecule has 0 saturated carbocycles. The molecule has 1 aromatic heterocycles. The number of rotatable bonds is 6. The molecule has 1 saturated heterocycles. The van der Waals surface area contributed by atoms with Crippen LogP contribution in [0.3, 0.4) is 0 Å². The molecule has 0 bridgehead atoms. The van der Waals surface area contributed by atoms with Crippen molar-refractivity contribution < 1.29 is 14.3 Å². The van der Waals surface area contributed by atoms with Crippen LogP contribution < -0.4 is 10.1 Å². The van der Waals surface area contributed by atoms with Crippen molar-refractivity contribution >= 4 is 17.6 Å². The molecule has 2 amide bonds. The van der Waals surface area contributed by atoms with E-state index < -0.39 is 0 Å². The summed E-state index contributed by atoms with van der Waals surface area (Å²) in [6.07, 6.45) is 1.89. The molecule has 26 heavy (non-hydrogen) atoms. The maximum Gasteiger partial charge on any atom is 0.230 e. The van der Waals surface area contributed by atoms with Gasteiger partial charge in [0, 0.05) is 31.6 Å². The number of nitrogens with zero attached hydrogens (tertiary/aromatic N) is 3. The number of likely N-dealkylation sites (tertiary alicyclic amines) is 1. The topological polar surface area (TPSA) is 76.5 Å². The van der Waals surface area contributed by atoms with Crippen LogP contribution in [0.25, 0.3) is 0 Å². The van der Waals surface area contributed by atoms with Crippen molar-refractivity contribution in [1.82, 2.24) is 14.7 Å². The Labute approximate surface area is 152 Å². The first-order chi connectivity index (χ1) is 12.5. The van der Waals surface area contributed by atoms with E-state index in [9.17, 15) is 9.59 Å². The van der Waals surface area contributed by atoms with Gasteiger partial charge in [0.2, 0.25) is 11.8 Å². The van der Waals surface area contributed by atoms with Crippen LogP contribution in [0.1, 0.15) is 31.9 Å². The van der Waals surface area contributed by atoms with Gasteiger partial charge < -0.3 is 15.0 Å². The lowest BCUT2D eigenvalue weighted by Crippen LogP contribution is -2.28. The van der Waals surface area contributed by atoms with Gasteiger partial charge in [0.25, 0.3) is 0 Å². The fourth-order valence-corrected chi connectivity index (χ4v) is 3.11. The summed E-state index contributed by atoms with van der Waals surface area (Å²) in [6, 6.07) is 9.52. The van der Waals surface area contributed by atoms with E-state index in [-0.39, 0.29) is 30.2 Å². The van der Waals surface area contributed by atoms with Crippen LogP contribution in [-0.4, -0.2) is 40.1 Å². The molecule has 1 aliphatic rings. The maximum absolute atomic E-state index is 12.6. The molecule has 7 nitrogen and oxygen atoms in total. The van der Waals surface area contributed by atoms with E-state index in [2.05, 4.69) is 10.4 Å². The van der Waals surface area contributed by atoms with Crippen LogP contribution in [0.5, 0.6) is 5.75 Å². The number of methoxy groups -OCH3 is 1. The zero-order valence-electron chi connectivity index (χ0n) is 15.3. The highest BCUT2D eigenvalue weighted by Crippen LogP contribution is 2.23. The summed E-state index contributed by atoms with van der Waals surface area (Å²) in [7, 11) is 1.62. The summed E-state index contributed by atoms with van der Waals surface area (Å²) >= 11 is 0. The highest BCUT2D eigenvalue weighted by molar-refractivity contribution is 5.96. The van der Waals surface area contributed by atoms with Crippen LogP contribution >= 0.6 is 0 Å². The molecule has 1 N–H and O–H groups in total. The Kier molecular flexibility index (Phi) is 5.25. The van der Waals surface area contributed by atoms with Gasteiger partial charge in [0.1, 0.15) is 11.6 Å². The molecule has 2 heterocycles. The van der Waals surface area contributed by atoms with E-state index in [1.54, 1.807) is 29.0 Å². The first kappa shape index (κ1) is 18.0. The highest BCUT2D eigenvalue weighted by Gasteiger charge is 2.34. The minimum Gasteiger partial charge on any atom is -0.497 e. The van der Waals surface area contributed by atoms with E-state index in [0.29, 0.717) is 18.9 Å². The predicted molar refractivity (Wildman–Crippen MR) is 97.8 cm³/mol. The Morgan fingerprint density at radius 1 is 1.31 bits per heavy atom. The molecule has 2 aromatic rings. The fraction of sp³-hybridized carbons (Fsp3) is 0.421. The number of carbonyl (C=O) groups excluding carboxylic acids is 2. The summed E-state index contributed by atoms with van der Waals surface area (Å²) in [6.45, 7) is 4.92. The molecule has 1 atom stereocenters. The molecule has 0 spiro atoms. The van der Waals surface area contributed by atoms with Crippen molar-refractivity contribution in [1.29, 1.82) is 0 Å². The predicted octanol–water partition coefficient (Wildman–Crippen LogP) is 2.46. The third kappa shape index (κ3) is 3.87. The van der Waals surface area contributed by atoms with Crippen LogP contribution in [0.15, 0.2) is 36.5 Å². The average molecular weight is 356 g/mol. The summed E-state index contributed by atoms with van der Waals surface area (Å²) < 4.78 is 6.90. The summed E-state index contributed by atoms with van der Waals surface area (Å²) in [5.41, 5.74) is 1.01. The Bertz CT molecular complexity index is 782. The second-order valence-corrected chi connectivity index (χ2v) is 6.77. The van der Waals surface area contributed by atoms with E-state index >= 15 is 0 Å². The van der Waals surface area contributed by atoms with E-state index in [4.69, 9.17) is 4.74 Å². The molecular weight excluding hydrogens is 332 g/mol. The normalized spacial score (nSPS) is 17.0. The second kappa shape index (κ2) is 7.59. The second-order valence-electron chi connectivity index (χ2n) is 6.77. The minimum absolute atomic E-state index is 0.00154. The fourth-order valence-electron chi connectivity index (χ4n) is 3.11. The Balaban J connectivity index is 1.61. The number of amides is 2. The molecular formula is C19H24N4O3. The first-order valence-electron chi connectivity index (χ1n) is 8.73. The zero-order chi connectivity index (χ0) is 18.7. The van der Waals surface area contributed by atoms with Crippen molar-refractivity contribution in [3.8, 4) is 5.75 Å². The van der Waals surface area contributed by atoms with Crippen LogP contribution in [0.2, 0.25) is 0 Å². The standard InChI is InChI=1S/C19H24N4O3/c1-13(2)23-17(8-9-20-23)21-19(25)15-10-18(24)22(12-15)11-14-4-6-16(26-3)7-5-14/h4-9,13,15H,10-12H2,1-3H3,(H,21,25). The Morgan fingerprint density at radius 3 is 2.69 bits per heavy atom. The van der Waals surface area contributed by atoms with Crippen molar-refractivity contribution in [2.24, 2.45) is 5.92 Å². The van der Waals surface area contributed by atoms with Crippen molar-refractivity contribution in [2.75, 3.05) is 19.0 Å². The van der Waals surface area contributed by atoms with Gasteiger partial charge in [-0.3, -0.25) is 9.59 Å². The van der Waals surface area contributed by atoms with Gasteiger partial charge in [-0.2, -0.15) is 5.10 Å². The molecule has 1 aromatic carbocycles. The van der Waals surface area contributed by atoms with Gasteiger partial charge in [-0.1, -0.05) is 12.1 Å². The SMILES string of the molecule is COc1ccc(CN2CC(C(=O)Nc3ccnn3C(C)C)CC2=O)cc1. The number of carbonyl (C=O) groups is 2. The maximum atomic E-state index is 12.6. The van der Waals surface area contributed by atoms with Crippen LogP contribution in [-0.2, 0) is 16.1 Å². The van der Waals surface area contributed by atoms with Crippen molar-refractivity contribution in [3.05, 3.63) is 42.1 Å². The highest BCUT2D eigenvalue weighted by atomic mass is 16.5. The number of anilines is 1. The summed E-state index contributed by atoms with van der Waals surface area (Å²) in [4.78, 5) is 26.6. The van der Waals surface area contributed by atoms with Gasteiger partial charge in [0.15, 0.2) is 0 Å². The van der Waals surface area contributed by atoms with Crippen molar-refractivity contribution in [2.45, 2.75) is 32.9 Å². The van der Waals surface area contributed by atoms with Crippen LogP contribution in [0.4, 0.5) is 5.82 Å². The summed E-state index contributed by atoms with van der Waals surface area (Å²) in [5.74, 6) is 0.944. The third-order valence-corrected chi connectivity index (χ3v) is 4.53.